The molecular formula is C28H21BrCl2N4O4S. The number of rotatable bonds is 9. The monoisotopic (exact) mass is 658 g/mol. The maximum atomic E-state index is 12.9. The van der Waals surface area contributed by atoms with Gasteiger partial charge in [0, 0.05) is 15.6 Å². The van der Waals surface area contributed by atoms with Crippen LogP contribution in [-0.2, 0) is 11.4 Å². The van der Waals surface area contributed by atoms with E-state index in [9.17, 15) is 4.79 Å². The Morgan fingerprint density at radius 1 is 1.05 bits per heavy atom. The minimum atomic E-state index is -0.532. The van der Waals surface area contributed by atoms with Gasteiger partial charge < -0.3 is 14.2 Å². The molecular weight excluding hydrogens is 639 g/mol. The maximum Gasteiger partial charge on any atom is 0.283 e. The minimum Gasteiger partial charge on any atom is -0.490 e. The minimum absolute atomic E-state index is 0.0796. The number of hydrogen-bond donors (Lipinski definition) is 1. The first kappa shape index (κ1) is 28.2. The highest BCUT2D eigenvalue weighted by molar-refractivity contribution is 9.10. The molecule has 0 saturated heterocycles. The fourth-order valence-corrected chi connectivity index (χ4v) is 5.62. The Kier molecular flexibility index (Phi) is 8.80. The number of carbonyl (C=O) groups excluding carboxylic acids is 1. The summed E-state index contributed by atoms with van der Waals surface area (Å²) < 4.78 is 18.2. The molecule has 0 aromatic heterocycles. The van der Waals surface area contributed by atoms with Crippen LogP contribution in [-0.4, -0.2) is 40.2 Å². The van der Waals surface area contributed by atoms with E-state index >= 15 is 0 Å². The second-order valence-corrected chi connectivity index (χ2v) is 11.1. The van der Waals surface area contributed by atoms with Crippen molar-refractivity contribution in [3.8, 4) is 17.2 Å². The van der Waals surface area contributed by atoms with Gasteiger partial charge in [0.15, 0.2) is 17.3 Å². The Labute approximate surface area is 253 Å². The predicted octanol–water partition coefficient (Wildman–Crippen LogP) is 7.43. The number of aliphatic imine (C=N–C) groups is 1. The summed E-state index contributed by atoms with van der Waals surface area (Å²) in [5.41, 5.74) is 1.47. The van der Waals surface area contributed by atoms with E-state index in [1.54, 1.807) is 36.4 Å². The smallest absolute Gasteiger partial charge is 0.283 e. The Balaban J connectivity index is 1.36. The number of thioether (sulfide) groups is 1. The second kappa shape index (κ2) is 12.5. The summed E-state index contributed by atoms with van der Waals surface area (Å²) in [6.07, 6.45) is 1.58. The summed E-state index contributed by atoms with van der Waals surface area (Å²) in [4.78, 5) is 17.1. The summed E-state index contributed by atoms with van der Waals surface area (Å²) in [5, 5.41) is 16.4. The summed E-state index contributed by atoms with van der Waals surface area (Å²) in [7, 11) is 0. The summed E-state index contributed by atoms with van der Waals surface area (Å²) in [5.74, 6) is 1.02. The molecule has 2 aliphatic rings. The number of para-hydroxylation sites is 1. The molecule has 0 bridgehead atoms. The molecule has 40 heavy (non-hydrogen) atoms. The Bertz CT molecular complexity index is 1580. The van der Waals surface area contributed by atoms with Crippen molar-refractivity contribution in [3.63, 3.8) is 0 Å². The molecule has 0 fully saturated rings. The topological polar surface area (TPSA) is 96.6 Å². The van der Waals surface area contributed by atoms with Crippen molar-refractivity contribution in [3.05, 3.63) is 91.9 Å². The summed E-state index contributed by atoms with van der Waals surface area (Å²) >= 11 is 17.0. The molecule has 1 amide bonds. The number of nitrogens with zero attached hydrogens (tertiary/aromatic N) is 3. The van der Waals surface area contributed by atoms with Gasteiger partial charge in [-0.3, -0.25) is 10.2 Å². The van der Waals surface area contributed by atoms with E-state index in [4.69, 9.17) is 42.8 Å². The summed E-state index contributed by atoms with van der Waals surface area (Å²) in [6.45, 7) is 2.63. The molecule has 3 aromatic rings. The standard InChI is InChI=1S/C28H21BrCl2N4O4S/c1-2-37-23-12-16(11-21(29)25(23)39-14-17-8-9-18(30)13-22(17)31)10-20-26(32)35-28(33-27(20)36)40-24(34-35)15-38-19-6-4-3-5-7-19/h3-13,32H,2,14-15H2,1H3/b20-10-,32-26?. The van der Waals surface area contributed by atoms with Gasteiger partial charge in [0.25, 0.3) is 5.91 Å². The van der Waals surface area contributed by atoms with E-state index in [0.717, 1.165) is 5.56 Å². The Hall–Kier alpha value is -3.31. The number of fused-ring (bicyclic) bond motifs is 1. The average molecular weight is 660 g/mol. The van der Waals surface area contributed by atoms with Crippen molar-refractivity contribution in [2.24, 2.45) is 10.1 Å². The molecule has 5 rings (SSSR count). The van der Waals surface area contributed by atoms with Crippen LogP contribution in [0.3, 0.4) is 0 Å². The lowest BCUT2D eigenvalue weighted by Crippen LogP contribution is -2.35. The van der Waals surface area contributed by atoms with Crippen LogP contribution in [0.25, 0.3) is 6.08 Å². The molecule has 0 saturated carbocycles. The quantitative estimate of drug-likeness (QED) is 0.240. The normalized spacial score (nSPS) is 15.6. The van der Waals surface area contributed by atoms with Gasteiger partial charge in [-0.2, -0.15) is 15.1 Å². The molecule has 2 aliphatic heterocycles. The first-order valence-corrected chi connectivity index (χ1v) is 14.4. The van der Waals surface area contributed by atoms with Gasteiger partial charge in [-0.05, 0) is 82.7 Å². The number of hydrazone groups is 1. The number of hydrogen-bond acceptors (Lipinski definition) is 7. The lowest BCUT2D eigenvalue weighted by atomic mass is 10.1. The van der Waals surface area contributed by atoms with E-state index in [1.165, 1.54) is 16.8 Å². The summed E-state index contributed by atoms with van der Waals surface area (Å²) in [6, 6.07) is 18.0. The first-order valence-electron chi connectivity index (χ1n) is 12.0. The third-order valence-electron chi connectivity index (χ3n) is 5.63. The molecule has 3 aromatic carbocycles. The number of carbonyl (C=O) groups is 1. The van der Waals surface area contributed by atoms with Crippen LogP contribution in [0, 0.1) is 5.41 Å². The number of amidine groups is 2. The van der Waals surface area contributed by atoms with Crippen molar-refractivity contribution in [1.82, 2.24) is 5.01 Å². The van der Waals surface area contributed by atoms with Gasteiger partial charge in [0.1, 0.15) is 24.0 Å². The molecule has 1 N–H and O–H groups in total. The van der Waals surface area contributed by atoms with Crippen LogP contribution < -0.4 is 14.2 Å². The Morgan fingerprint density at radius 3 is 2.60 bits per heavy atom. The zero-order valence-electron chi connectivity index (χ0n) is 21.0. The van der Waals surface area contributed by atoms with Crippen molar-refractivity contribution >= 4 is 78.9 Å². The van der Waals surface area contributed by atoms with E-state index in [2.05, 4.69) is 26.0 Å². The lowest BCUT2D eigenvalue weighted by Gasteiger charge is -2.20. The molecule has 12 heteroatoms. The highest BCUT2D eigenvalue weighted by Gasteiger charge is 2.36. The van der Waals surface area contributed by atoms with Gasteiger partial charge >= 0.3 is 0 Å². The third-order valence-corrected chi connectivity index (χ3v) is 7.69. The zero-order valence-corrected chi connectivity index (χ0v) is 24.9. The molecule has 2 heterocycles. The molecule has 0 atom stereocenters. The zero-order chi connectivity index (χ0) is 28.2. The average Bonchev–Trinajstić information content (AvgIpc) is 3.34. The molecule has 0 aliphatic carbocycles. The van der Waals surface area contributed by atoms with E-state index < -0.39 is 5.91 Å². The maximum absolute atomic E-state index is 12.9. The number of halogens is 3. The van der Waals surface area contributed by atoms with Gasteiger partial charge in [0.2, 0.25) is 5.17 Å². The van der Waals surface area contributed by atoms with Gasteiger partial charge in [-0.25, -0.2) is 0 Å². The van der Waals surface area contributed by atoms with Crippen molar-refractivity contribution < 1.29 is 19.0 Å². The number of ether oxygens (including phenoxy) is 3. The SMILES string of the molecule is CCOc1cc(/C=C2/C(=N)N3N=C(COc4ccccc4)SC3=NC2=O)cc(Br)c1OCc1ccc(Cl)cc1Cl. The third kappa shape index (κ3) is 6.36. The molecule has 204 valence electrons. The van der Waals surface area contributed by atoms with Gasteiger partial charge in [-0.15, -0.1) is 0 Å². The highest BCUT2D eigenvalue weighted by Crippen LogP contribution is 2.39. The molecule has 0 unspecified atom stereocenters. The molecule has 0 radical (unpaired) electrons. The Morgan fingerprint density at radius 2 is 1.85 bits per heavy atom. The lowest BCUT2D eigenvalue weighted by molar-refractivity contribution is -0.114. The number of benzene rings is 3. The highest BCUT2D eigenvalue weighted by atomic mass is 79.9. The van der Waals surface area contributed by atoms with Crippen LogP contribution in [0.4, 0.5) is 0 Å². The van der Waals surface area contributed by atoms with E-state index in [-0.39, 0.29) is 24.6 Å². The van der Waals surface area contributed by atoms with Gasteiger partial charge in [-0.1, -0.05) is 47.5 Å². The van der Waals surface area contributed by atoms with Crippen molar-refractivity contribution in [2.75, 3.05) is 13.2 Å². The fourth-order valence-electron chi connectivity index (χ4n) is 3.78. The molecule has 0 spiro atoms. The van der Waals surface area contributed by atoms with Crippen LogP contribution in [0.5, 0.6) is 17.2 Å². The predicted molar refractivity (Wildman–Crippen MR) is 163 cm³/mol. The largest absolute Gasteiger partial charge is 0.490 e. The van der Waals surface area contributed by atoms with Crippen LogP contribution in [0.1, 0.15) is 18.1 Å². The fraction of sp³-hybridized carbons (Fsp3) is 0.143. The van der Waals surface area contributed by atoms with E-state index in [0.29, 0.717) is 54.1 Å². The van der Waals surface area contributed by atoms with Crippen LogP contribution >= 0.6 is 50.9 Å². The number of amides is 1. The van der Waals surface area contributed by atoms with Gasteiger partial charge in [0.05, 0.1) is 16.7 Å². The van der Waals surface area contributed by atoms with Crippen LogP contribution in [0.2, 0.25) is 10.0 Å². The van der Waals surface area contributed by atoms with Crippen LogP contribution in [0.15, 0.2) is 80.8 Å². The number of nitrogens with one attached hydrogen (secondary N) is 1. The second-order valence-electron chi connectivity index (χ2n) is 8.40. The molecule has 8 nitrogen and oxygen atoms in total. The van der Waals surface area contributed by atoms with E-state index in [1.807, 2.05) is 37.3 Å². The van der Waals surface area contributed by atoms with Crippen molar-refractivity contribution in [1.29, 1.82) is 5.41 Å². The van der Waals surface area contributed by atoms with Crippen molar-refractivity contribution in [2.45, 2.75) is 13.5 Å². The first-order chi connectivity index (χ1) is 19.3.